The first kappa shape index (κ1) is 32.0. The van der Waals surface area contributed by atoms with Crippen LogP contribution in [0.3, 0.4) is 0 Å². The van der Waals surface area contributed by atoms with Crippen LogP contribution in [0.2, 0.25) is 0 Å². The van der Waals surface area contributed by atoms with Crippen molar-refractivity contribution in [2.75, 3.05) is 0 Å². The lowest BCUT2D eigenvalue weighted by molar-refractivity contribution is 0.618. The molecule has 0 atom stereocenters. The van der Waals surface area contributed by atoms with Crippen LogP contribution >= 0.6 is 16.3 Å². The highest BCUT2D eigenvalue weighted by molar-refractivity contribution is 7.69. The summed E-state index contributed by atoms with van der Waals surface area (Å²) in [5.74, 6) is 1.76. The van der Waals surface area contributed by atoms with Gasteiger partial charge < -0.3 is 9.05 Å². The van der Waals surface area contributed by atoms with E-state index in [4.69, 9.17) is 9.05 Å². The third-order valence-corrected chi connectivity index (χ3v) is 12.8. The van der Waals surface area contributed by atoms with Crippen molar-refractivity contribution in [2.24, 2.45) is 0 Å². The normalized spacial score (nSPS) is 11.4. The summed E-state index contributed by atoms with van der Waals surface area (Å²) in [6.45, 7) is 4.35. The summed E-state index contributed by atoms with van der Waals surface area (Å²) in [6, 6.07) is 64.3. The van der Waals surface area contributed by atoms with Crippen molar-refractivity contribution >= 4 is 59.1 Å². The molecule has 0 aliphatic rings. The van der Waals surface area contributed by atoms with E-state index in [1.165, 1.54) is 10.8 Å². The summed E-state index contributed by atoms with van der Waals surface area (Å²) in [5, 5.41) is 9.25. The first-order chi connectivity index (χ1) is 24.7. The van der Waals surface area contributed by atoms with E-state index in [1.54, 1.807) is 0 Å². The Morgan fingerprint density at radius 3 is 0.940 bits per heavy atom. The van der Waals surface area contributed by atoms with Crippen molar-refractivity contribution in [3.8, 4) is 22.6 Å². The van der Waals surface area contributed by atoms with E-state index in [2.05, 4.69) is 196 Å². The van der Waals surface area contributed by atoms with E-state index < -0.39 is 16.3 Å². The maximum atomic E-state index is 7.44. The van der Waals surface area contributed by atoms with Crippen LogP contribution in [0.25, 0.3) is 32.7 Å². The summed E-state index contributed by atoms with van der Waals surface area (Å²) in [6.07, 6.45) is 0. The number of benzene rings is 8. The number of aryl methyl sites for hydroxylation is 2. The summed E-state index contributed by atoms with van der Waals surface area (Å²) in [4.78, 5) is 0. The second-order valence-electron chi connectivity index (χ2n) is 12.4. The monoisotopic (exact) mass is 682 g/mol. The fourth-order valence-electron chi connectivity index (χ4n) is 6.61. The van der Waals surface area contributed by atoms with Gasteiger partial charge in [-0.2, -0.15) is 0 Å². The zero-order valence-corrected chi connectivity index (χ0v) is 29.8. The van der Waals surface area contributed by atoms with Crippen LogP contribution in [0, 0.1) is 13.8 Å². The van der Waals surface area contributed by atoms with Gasteiger partial charge in [-0.15, -0.1) is 0 Å². The first-order valence-corrected chi connectivity index (χ1v) is 19.4. The molecule has 0 spiro atoms. The minimum Gasteiger partial charge on any atom is -0.464 e. The first-order valence-electron chi connectivity index (χ1n) is 16.9. The molecule has 0 aliphatic heterocycles. The molecule has 0 unspecified atom stereocenters. The molecule has 4 heteroatoms. The van der Waals surface area contributed by atoms with Crippen molar-refractivity contribution in [1.82, 2.24) is 0 Å². The Hall–Kier alpha value is -5.26. The van der Waals surface area contributed by atoms with Gasteiger partial charge in [0, 0.05) is 32.3 Å². The Labute approximate surface area is 296 Å². The standard InChI is InChI=1S/C46H36O2P2/c1-33-31-35-19-15-17-29-41(35)43(45(33)47-49(37-21-7-3-8-22-37)38-23-9-4-10-24-38)44-42-30-18-16-20-36(42)32-34(2)46(44)48-50(39-25-11-5-12-26-39)40-27-13-6-14-28-40/h3-32H,1-2H3. The molecule has 8 aromatic carbocycles. The summed E-state index contributed by atoms with van der Waals surface area (Å²) < 4.78 is 14.9. The molecule has 0 saturated heterocycles. The van der Waals surface area contributed by atoms with Crippen LogP contribution in [-0.2, 0) is 0 Å². The second kappa shape index (κ2) is 14.3. The van der Waals surface area contributed by atoms with E-state index in [1.807, 2.05) is 0 Å². The Morgan fingerprint density at radius 1 is 0.340 bits per heavy atom. The average molecular weight is 683 g/mol. The Balaban J connectivity index is 1.42. The molecule has 8 rings (SSSR count). The predicted molar refractivity (Wildman–Crippen MR) is 216 cm³/mol. The van der Waals surface area contributed by atoms with Gasteiger partial charge in [0.2, 0.25) is 0 Å². The third kappa shape index (κ3) is 6.30. The van der Waals surface area contributed by atoms with Crippen LogP contribution < -0.4 is 30.3 Å². The van der Waals surface area contributed by atoms with E-state index >= 15 is 0 Å². The van der Waals surface area contributed by atoms with Crippen LogP contribution in [0.5, 0.6) is 11.5 Å². The summed E-state index contributed by atoms with van der Waals surface area (Å²) in [5.41, 5.74) is 4.29. The topological polar surface area (TPSA) is 18.5 Å². The fraction of sp³-hybridized carbons (Fsp3) is 0.0435. The maximum Gasteiger partial charge on any atom is 0.150 e. The minimum atomic E-state index is -1.19. The Bertz CT molecular complexity index is 2140. The van der Waals surface area contributed by atoms with Gasteiger partial charge in [-0.1, -0.05) is 170 Å². The number of rotatable bonds is 9. The van der Waals surface area contributed by atoms with E-state index in [-0.39, 0.29) is 0 Å². The number of hydrogen-bond acceptors (Lipinski definition) is 2. The molecule has 0 aromatic heterocycles. The molecule has 242 valence electrons. The van der Waals surface area contributed by atoms with Gasteiger partial charge in [0.25, 0.3) is 0 Å². The van der Waals surface area contributed by atoms with Crippen molar-refractivity contribution in [2.45, 2.75) is 13.8 Å². The number of hydrogen-bond donors (Lipinski definition) is 0. The molecule has 0 N–H and O–H groups in total. The Morgan fingerprint density at radius 2 is 0.620 bits per heavy atom. The maximum absolute atomic E-state index is 7.44. The van der Waals surface area contributed by atoms with Gasteiger partial charge in [-0.05, 0) is 58.7 Å². The highest BCUT2D eigenvalue weighted by Gasteiger charge is 2.28. The van der Waals surface area contributed by atoms with Crippen molar-refractivity contribution < 1.29 is 9.05 Å². The van der Waals surface area contributed by atoms with Crippen molar-refractivity contribution in [1.29, 1.82) is 0 Å². The van der Waals surface area contributed by atoms with Gasteiger partial charge >= 0.3 is 0 Å². The molecular formula is C46H36O2P2. The Kier molecular flexibility index (Phi) is 9.15. The molecule has 2 nitrogen and oxygen atoms in total. The SMILES string of the molecule is Cc1cc2ccccc2c(-c2c(OP(c3ccccc3)c3ccccc3)c(C)cc3ccccc23)c1OP(c1ccccc1)c1ccccc1. The van der Waals surface area contributed by atoms with Gasteiger partial charge in [0.05, 0.1) is 0 Å². The van der Waals surface area contributed by atoms with Crippen LogP contribution in [-0.4, -0.2) is 0 Å². The molecule has 0 radical (unpaired) electrons. The molecule has 0 heterocycles. The van der Waals surface area contributed by atoms with Crippen LogP contribution in [0.4, 0.5) is 0 Å². The van der Waals surface area contributed by atoms with Crippen LogP contribution in [0.15, 0.2) is 182 Å². The molecule has 50 heavy (non-hydrogen) atoms. The molecule has 0 fully saturated rings. The van der Waals surface area contributed by atoms with Gasteiger partial charge in [0.15, 0.2) is 16.3 Å². The summed E-state index contributed by atoms with van der Waals surface area (Å²) in [7, 11) is -2.38. The average Bonchev–Trinajstić information content (AvgIpc) is 3.17. The van der Waals surface area contributed by atoms with E-state index in [0.29, 0.717) is 0 Å². The van der Waals surface area contributed by atoms with Gasteiger partial charge in [-0.3, -0.25) is 0 Å². The lowest BCUT2D eigenvalue weighted by Crippen LogP contribution is -2.17. The van der Waals surface area contributed by atoms with E-state index in [9.17, 15) is 0 Å². The zero-order chi connectivity index (χ0) is 33.9. The highest BCUT2D eigenvalue weighted by Crippen LogP contribution is 2.53. The third-order valence-electron chi connectivity index (χ3n) is 8.95. The minimum absolute atomic E-state index is 0.881. The molecule has 0 bridgehead atoms. The molecule has 0 amide bonds. The second-order valence-corrected chi connectivity index (χ2v) is 16.0. The quantitative estimate of drug-likeness (QED) is 0.141. The lowest BCUT2D eigenvalue weighted by Gasteiger charge is -2.27. The van der Waals surface area contributed by atoms with Gasteiger partial charge in [-0.25, -0.2) is 0 Å². The molecule has 0 aliphatic carbocycles. The van der Waals surface area contributed by atoms with Crippen molar-refractivity contribution in [3.63, 3.8) is 0 Å². The molecule has 8 aromatic rings. The van der Waals surface area contributed by atoms with Crippen molar-refractivity contribution in [3.05, 3.63) is 193 Å². The largest absolute Gasteiger partial charge is 0.464 e. The lowest BCUT2D eigenvalue weighted by atomic mass is 9.89. The molecule has 0 saturated carbocycles. The number of fused-ring (bicyclic) bond motifs is 2. The fourth-order valence-corrected chi connectivity index (χ4v) is 10.2. The van der Waals surface area contributed by atoms with E-state index in [0.717, 1.165) is 65.7 Å². The summed E-state index contributed by atoms with van der Waals surface area (Å²) >= 11 is 0. The van der Waals surface area contributed by atoms with Crippen LogP contribution in [0.1, 0.15) is 11.1 Å². The molecular weight excluding hydrogens is 646 g/mol. The smallest absolute Gasteiger partial charge is 0.150 e. The zero-order valence-electron chi connectivity index (χ0n) is 28.0. The van der Waals surface area contributed by atoms with Gasteiger partial charge in [0.1, 0.15) is 11.5 Å². The highest BCUT2D eigenvalue weighted by atomic mass is 31.1. The predicted octanol–water partition coefficient (Wildman–Crippen LogP) is 11.1.